The highest BCUT2D eigenvalue weighted by molar-refractivity contribution is 7.99. The molecule has 1 atom stereocenters. The van der Waals surface area contributed by atoms with Gasteiger partial charge in [0.2, 0.25) is 0 Å². The predicted molar refractivity (Wildman–Crippen MR) is 58.6 cm³/mol. The lowest BCUT2D eigenvalue weighted by Crippen LogP contribution is -2.32. The number of carbonyl (C=O) groups is 1. The topological polar surface area (TPSA) is 72.5 Å². The molecule has 0 unspecified atom stereocenters. The molecule has 0 radical (unpaired) electrons. The number of nitrogens with two attached hydrogens (primary N) is 1. The number of carboxylic acid groups (broad SMARTS) is 1. The summed E-state index contributed by atoms with van der Waals surface area (Å²) in [6.07, 6.45) is 0.889. The van der Waals surface area contributed by atoms with Crippen LogP contribution in [0, 0.1) is 0 Å². The highest BCUT2D eigenvalue weighted by Crippen LogP contribution is 2.16. The maximum Gasteiger partial charge on any atom is 0.321 e. The van der Waals surface area contributed by atoms with Gasteiger partial charge < -0.3 is 15.6 Å². The van der Waals surface area contributed by atoms with Crippen LogP contribution in [0.5, 0.6) is 0 Å². The highest BCUT2D eigenvalue weighted by atomic mass is 32.2. The Bertz CT molecular complexity index is 185. The molecule has 0 spiro atoms. The molecule has 5 heteroatoms. The maximum absolute atomic E-state index is 10.4. The summed E-state index contributed by atoms with van der Waals surface area (Å²) in [4.78, 5) is 10.4. The second-order valence-corrected chi connectivity index (χ2v) is 4.88. The van der Waals surface area contributed by atoms with Crippen molar-refractivity contribution in [2.75, 3.05) is 18.6 Å². The van der Waals surface area contributed by atoms with Crippen molar-refractivity contribution in [2.45, 2.75) is 31.9 Å². The van der Waals surface area contributed by atoms with Crippen LogP contribution < -0.4 is 5.73 Å². The molecular formula is C9H19NO3S. The number of aliphatic carboxylic acids is 1. The van der Waals surface area contributed by atoms with E-state index in [0.29, 0.717) is 5.75 Å². The summed E-state index contributed by atoms with van der Waals surface area (Å²) in [7, 11) is 1.67. The first kappa shape index (κ1) is 13.7. The van der Waals surface area contributed by atoms with E-state index >= 15 is 0 Å². The quantitative estimate of drug-likeness (QED) is 0.626. The zero-order valence-corrected chi connectivity index (χ0v) is 9.76. The van der Waals surface area contributed by atoms with Gasteiger partial charge in [0.1, 0.15) is 6.04 Å². The zero-order chi connectivity index (χ0) is 11.2. The van der Waals surface area contributed by atoms with E-state index < -0.39 is 12.0 Å². The van der Waals surface area contributed by atoms with Gasteiger partial charge in [-0.2, -0.15) is 11.8 Å². The molecule has 14 heavy (non-hydrogen) atoms. The van der Waals surface area contributed by atoms with E-state index in [4.69, 9.17) is 15.6 Å². The van der Waals surface area contributed by atoms with Crippen LogP contribution in [-0.4, -0.2) is 41.3 Å². The third-order valence-electron chi connectivity index (χ3n) is 2.02. The monoisotopic (exact) mass is 221 g/mol. The standard InChI is InChI=1S/C9H19NO3S/c1-9(2,13-3)4-5-14-6-7(10)8(11)12/h7H,4-6,10H2,1-3H3,(H,11,12)/t7-/m0/s1. The van der Waals surface area contributed by atoms with E-state index in [9.17, 15) is 4.79 Å². The zero-order valence-electron chi connectivity index (χ0n) is 8.95. The first-order valence-corrected chi connectivity index (χ1v) is 5.66. The number of ether oxygens (including phenoxy) is 1. The minimum absolute atomic E-state index is 0.139. The Morgan fingerprint density at radius 3 is 2.64 bits per heavy atom. The fourth-order valence-corrected chi connectivity index (χ4v) is 1.90. The van der Waals surface area contributed by atoms with Crippen molar-refractivity contribution in [1.82, 2.24) is 0 Å². The van der Waals surface area contributed by atoms with Crippen molar-refractivity contribution in [3.63, 3.8) is 0 Å². The molecule has 0 aromatic carbocycles. The molecule has 0 aromatic rings. The summed E-state index contributed by atoms with van der Waals surface area (Å²) in [5, 5.41) is 8.52. The van der Waals surface area contributed by atoms with Crippen LogP contribution in [0.25, 0.3) is 0 Å². The van der Waals surface area contributed by atoms with Crippen LogP contribution in [-0.2, 0) is 9.53 Å². The summed E-state index contributed by atoms with van der Waals surface area (Å²) in [5.74, 6) is 0.375. The van der Waals surface area contributed by atoms with E-state index in [0.717, 1.165) is 12.2 Å². The van der Waals surface area contributed by atoms with Crippen LogP contribution in [0.15, 0.2) is 0 Å². The van der Waals surface area contributed by atoms with Crippen LogP contribution >= 0.6 is 11.8 Å². The number of rotatable bonds is 7. The molecule has 0 aromatic heterocycles. The van der Waals surface area contributed by atoms with Gasteiger partial charge in [-0.05, 0) is 26.0 Å². The van der Waals surface area contributed by atoms with E-state index in [1.54, 1.807) is 18.9 Å². The van der Waals surface area contributed by atoms with E-state index in [1.807, 2.05) is 13.8 Å². The largest absolute Gasteiger partial charge is 0.480 e. The lowest BCUT2D eigenvalue weighted by Gasteiger charge is -2.22. The van der Waals surface area contributed by atoms with Crippen molar-refractivity contribution in [3.05, 3.63) is 0 Å². The molecular weight excluding hydrogens is 202 g/mol. The lowest BCUT2D eigenvalue weighted by molar-refractivity contribution is -0.137. The van der Waals surface area contributed by atoms with Crippen molar-refractivity contribution < 1.29 is 14.6 Å². The molecule has 0 amide bonds. The van der Waals surface area contributed by atoms with Gasteiger partial charge in [-0.25, -0.2) is 0 Å². The maximum atomic E-state index is 10.4. The average molecular weight is 221 g/mol. The Hall–Kier alpha value is -0.260. The van der Waals surface area contributed by atoms with Crippen molar-refractivity contribution in [3.8, 4) is 0 Å². The van der Waals surface area contributed by atoms with E-state index in [-0.39, 0.29) is 5.60 Å². The van der Waals surface area contributed by atoms with Crippen LogP contribution in [0.3, 0.4) is 0 Å². The molecule has 0 rings (SSSR count). The van der Waals surface area contributed by atoms with Crippen molar-refractivity contribution in [1.29, 1.82) is 0 Å². The SMILES string of the molecule is COC(C)(C)CCSC[C@H](N)C(=O)O. The van der Waals surface area contributed by atoms with Gasteiger partial charge in [0.15, 0.2) is 0 Å². The van der Waals surface area contributed by atoms with Gasteiger partial charge in [0, 0.05) is 12.9 Å². The molecule has 0 bridgehead atoms. The Morgan fingerprint density at radius 1 is 1.64 bits per heavy atom. The number of thioether (sulfide) groups is 1. The Balaban J connectivity index is 3.52. The first-order chi connectivity index (χ1) is 6.39. The van der Waals surface area contributed by atoms with Crippen LogP contribution in [0.4, 0.5) is 0 Å². The van der Waals surface area contributed by atoms with E-state index in [2.05, 4.69) is 0 Å². The Labute approximate surface area is 89.2 Å². The fourth-order valence-electron chi connectivity index (χ4n) is 0.702. The molecule has 0 saturated heterocycles. The number of carboxylic acids is 1. The summed E-state index contributed by atoms with van der Waals surface area (Å²) in [6.45, 7) is 4.01. The molecule has 0 aliphatic heterocycles. The molecule has 0 saturated carbocycles. The predicted octanol–water partition coefficient (Wildman–Crippen LogP) is 0.947. The number of methoxy groups -OCH3 is 1. The summed E-state index contributed by atoms with van der Waals surface area (Å²) >= 11 is 1.55. The van der Waals surface area contributed by atoms with Crippen molar-refractivity contribution >= 4 is 17.7 Å². The smallest absolute Gasteiger partial charge is 0.321 e. The molecule has 0 aliphatic carbocycles. The van der Waals surface area contributed by atoms with Gasteiger partial charge in [0.05, 0.1) is 5.60 Å². The van der Waals surface area contributed by atoms with E-state index in [1.165, 1.54) is 0 Å². The molecule has 0 fully saturated rings. The van der Waals surface area contributed by atoms with Gasteiger partial charge in [-0.1, -0.05) is 0 Å². The summed E-state index contributed by atoms with van der Waals surface area (Å²) < 4.78 is 5.23. The minimum atomic E-state index is -0.941. The second kappa shape index (κ2) is 6.27. The van der Waals surface area contributed by atoms with Gasteiger partial charge in [-0.3, -0.25) is 4.79 Å². The second-order valence-electron chi connectivity index (χ2n) is 3.73. The molecule has 0 aliphatic rings. The van der Waals surface area contributed by atoms with Gasteiger partial charge >= 0.3 is 5.97 Å². The number of hydrogen-bond donors (Lipinski definition) is 2. The summed E-state index contributed by atoms with van der Waals surface area (Å²) in [6, 6.07) is -0.759. The Morgan fingerprint density at radius 2 is 2.21 bits per heavy atom. The first-order valence-electron chi connectivity index (χ1n) is 4.50. The van der Waals surface area contributed by atoms with Crippen LogP contribution in [0.2, 0.25) is 0 Å². The van der Waals surface area contributed by atoms with Crippen molar-refractivity contribution in [2.24, 2.45) is 5.73 Å². The minimum Gasteiger partial charge on any atom is -0.480 e. The third-order valence-corrected chi connectivity index (χ3v) is 3.10. The van der Waals surface area contributed by atoms with Gasteiger partial charge in [0.25, 0.3) is 0 Å². The molecule has 4 nitrogen and oxygen atoms in total. The molecule has 0 heterocycles. The molecule has 84 valence electrons. The normalized spacial score (nSPS) is 14.0. The Kier molecular flexibility index (Phi) is 6.15. The van der Waals surface area contributed by atoms with Crippen LogP contribution in [0.1, 0.15) is 20.3 Å². The third kappa shape index (κ3) is 6.23. The average Bonchev–Trinajstić information content (AvgIpc) is 2.12. The fraction of sp³-hybridized carbons (Fsp3) is 0.889. The number of hydrogen-bond acceptors (Lipinski definition) is 4. The van der Waals surface area contributed by atoms with Gasteiger partial charge in [-0.15, -0.1) is 0 Å². The summed E-state index contributed by atoms with van der Waals surface area (Å²) in [5.41, 5.74) is 5.21. The highest BCUT2D eigenvalue weighted by Gasteiger charge is 2.16. The molecule has 3 N–H and O–H groups in total. The lowest BCUT2D eigenvalue weighted by atomic mass is 10.1.